The molecule has 24 heavy (non-hydrogen) atoms. The summed E-state index contributed by atoms with van der Waals surface area (Å²) in [6.07, 6.45) is 0.963. The second kappa shape index (κ2) is 9.77. The minimum atomic E-state index is -1.10. The first-order valence-electron chi connectivity index (χ1n) is 8.15. The van der Waals surface area contributed by atoms with Gasteiger partial charge in [-0.1, -0.05) is 30.3 Å². The average molecular weight is 336 g/mol. The summed E-state index contributed by atoms with van der Waals surface area (Å²) in [7, 11) is 0. The number of carboxylic acid groups (broad SMARTS) is 1. The molecule has 0 unspecified atom stereocenters. The molecule has 2 rings (SSSR count). The molecule has 0 aliphatic carbocycles. The summed E-state index contributed by atoms with van der Waals surface area (Å²) in [4.78, 5) is 22.7. The summed E-state index contributed by atoms with van der Waals surface area (Å²) in [5.41, 5.74) is 0.896. The molecule has 1 saturated heterocycles. The van der Waals surface area contributed by atoms with Gasteiger partial charge in [0.25, 0.3) is 0 Å². The highest BCUT2D eigenvalue weighted by atomic mass is 16.5. The van der Waals surface area contributed by atoms with Crippen LogP contribution in [0.25, 0.3) is 0 Å². The monoisotopic (exact) mass is 336 g/mol. The first kappa shape index (κ1) is 18.1. The number of benzene rings is 1. The third-order valence-electron chi connectivity index (χ3n) is 3.91. The van der Waals surface area contributed by atoms with Crippen molar-refractivity contribution in [3.05, 3.63) is 35.9 Å². The molecule has 1 aliphatic rings. The lowest BCUT2D eigenvalue weighted by atomic mass is 9.94. The normalized spacial score (nSPS) is 18.4. The van der Waals surface area contributed by atoms with Crippen molar-refractivity contribution in [1.82, 2.24) is 10.6 Å². The van der Waals surface area contributed by atoms with Gasteiger partial charge in [0.1, 0.15) is 6.61 Å². The van der Waals surface area contributed by atoms with Crippen LogP contribution in [0.5, 0.6) is 0 Å². The smallest absolute Gasteiger partial charge is 0.407 e. The first-order valence-corrected chi connectivity index (χ1v) is 8.15. The molecular formula is C17H24N2O5. The maximum Gasteiger partial charge on any atom is 0.407 e. The summed E-state index contributed by atoms with van der Waals surface area (Å²) in [5.74, 6) is 0.303. The third kappa shape index (κ3) is 6.87. The van der Waals surface area contributed by atoms with E-state index in [1.807, 2.05) is 30.3 Å². The van der Waals surface area contributed by atoms with Gasteiger partial charge in [0.15, 0.2) is 0 Å². The van der Waals surface area contributed by atoms with Gasteiger partial charge < -0.3 is 25.2 Å². The fourth-order valence-corrected chi connectivity index (χ4v) is 2.74. The molecule has 132 valence electrons. The van der Waals surface area contributed by atoms with E-state index in [2.05, 4.69) is 10.6 Å². The first-order chi connectivity index (χ1) is 11.6. The van der Waals surface area contributed by atoms with Crippen molar-refractivity contribution in [2.45, 2.75) is 31.9 Å². The van der Waals surface area contributed by atoms with E-state index in [1.54, 1.807) is 0 Å². The predicted molar refractivity (Wildman–Crippen MR) is 87.7 cm³/mol. The number of hydrogen-bond acceptors (Lipinski definition) is 4. The fraction of sp³-hybridized carbons (Fsp3) is 0.529. The van der Waals surface area contributed by atoms with Gasteiger partial charge in [-0.25, -0.2) is 9.59 Å². The maximum absolute atomic E-state index is 11.8. The van der Waals surface area contributed by atoms with E-state index in [0.717, 1.165) is 25.0 Å². The van der Waals surface area contributed by atoms with Gasteiger partial charge >= 0.3 is 12.2 Å². The van der Waals surface area contributed by atoms with E-state index in [0.29, 0.717) is 18.9 Å². The minimum Gasteiger partial charge on any atom is -0.465 e. The Hall–Kier alpha value is -2.28. The van der Waals surface area contributed by atoms with Crippen molar-refractivity contribution in [2.75, 3.05) is 19.8 Å². The average Bonchev–Trinajstić information content (AvgIpc) is 2.59. The van der Waals surface area contributed by atoms with E-state index in [9.17, 15) is 9.59 Å². The molecule has 3 N–H and O–H groups in total. The number of amides is 2. The molecule has 7 nitrogen and oxygen atoms in total. The number of hydrogen-bond donors (Lipinski definition) is 3. The van der Waals surface area contributed by atoms with Crippen LogP contribution >= 0.6 is 0 Å². The van der Waals surface area contributed by atoms with Crippen LogP contribution < -0.4 is 10.6 Å². The Kier molecular flexibility index (Phi) is 7.35. The Morgan fingerprint density at radius 1 is 1.33 bits per heavy atom. The van der Waals surface area contributed by atoms with E-state index in [1.165, 1.54) is 0 Å². The van der Waals surface area contributed by atoms with E-state index in [-0.39, 0.29) is 19.2 Å². The zero-order valence-corrected chi connectivity index (χ0v) is 13.6. The molecule has 0 aromatic heterocycles. The predicted octanol–water partition coefficient (Wildman–Crippen LogP) is 2.37. The van der Waals surface area contributed by atoms with Gasteiger partial charge in [0.2, 0.25) is 0 Å². The summed E-state index contributed by atoms with van der Waals surface area (Å²) in [5, 5.41) is 14.0. The lowest BCUT2D eigenvalue weighted by Crippen LogP contribution is -2.45. The van der Waals surface area contributed by atoms with Crippen molar-refractivity contribution in [3.63, 3.8) is 0 Å². The molecule has 1 aromatic carbocycles. The van der Waals surface area contributed by atoms with Crippen LogP contribution in [0.4, 0.5) is 9.59 Å². The molecule has 0 radical (unpaired) electrons. The molecule has 2 amide bonds. The highest BCUT2D eigenvalue weighted by molar-refractivity contribution is 5.68. The Morgan fingerprint density at radius 2 is 2.12 bits per heavy atom. The molecule has 7 heteroatoms. The number of alkyl carbamates (subject to hydrolysis) is 1. The van der Waals surface area contributed by atoms with Gasteiger partial charge in [-0.15, -0.1) is 0 Å². The Bertz CT molecular complexity index is 517. The lowest BCUT2D eigenvalue weighted by Gasteiger charge is -2.26. The molecule has 2 atom stereocenters. The SMILES string of the molecule is O=C(O)N[C@H](CNC(=O)OCc1ccccc1)C[C@@H]1CCCOC1. The molecule has 0 bridgehead atoms. The molecule has 0 saturated carbocycles. The van der Waals surface area contributed by atoms with Crippen LogP contribution in [0.2, 0.25) is 0 Å². The minimum absolute atomic E-state index is 0.181. The van der Waals surface area contributed by atoms with Crippen LogP contribution in [0.15, 0.2) is 30.3 Å². The number of nitrogens with one attached hydrogen (secondary N) is 2. The van der Waals surface area contributed by atoms with Gasteiger partial charge in [-0.2, -0.15) is 0 Å². The topological polar surface area (TPSA) is 96.9 Å². The highest BCUT2D eigenvalue weighted by Gasteiger charge is 2.21. The standard InChI is InChI=1S/C17H24N2O5/c20-16(21)19-15(9-14-7-4-8-23-11-14)10-18-17(22)24-12-13-5-2-1-3-6-13/h1-3,5-6,14-15,19H,4,7-12H2,(H,18,22)(H,20,21)/t14-,15-/m0/s1. The Balaban J connectivity index is 1.73. The number of carbonyl (C=O) groups is 2. The third-order valence-corrected chi connectivity index (χ3v) is 3.91. The van der Waals surface area contributed by atoms with Gasteiger partial charge in [0.05, 0.1) is 0 Å². The Morgan fingerprint density at radius 3 is 2.79 bits per heavy atom. The molecule has 1 fully saturated rings. The number of rotatable bonds is 7. The largest absolute Gasteiger partial charge is 0.465 e. The van der Waals surface area contributed by atoms with Crippen LogP contribution in [0, 0.1) is 5.92 Å². The van der Waals surface area contributed by atoms with E-state index < -0.39 is 12.2 Å². The van der Waals surface area contributed by atoms with Gasteiger partial charge in [-0.3, -0.25) is 0 Å². The molecule has 0 spiro atoms. The van der Waals surface area contributed by atoms with Gasteiger partial charge in [0, 0.05) is 25.8 Å². The zero-order chi connectivity index (χ0) is 17.2. The van der Waals surface area contributed by atoms with E-state index >= 15 is 0 Å². The molecular weight excluding hydrogens is 312 g/mol. The summed E-state index contributed by atoms with van der Waals surface area (Å²) in [6.45, 7) is 1.77. The highest BCUT2D eigenvalue weighted by Crippen LogP contribution is 2.18. The summed E-state index contributed by atoms with van der Waals surface area (Å²) in [6, 6.07) is 9.00. The second-order valence-electron chi connectivity index (χ2n) is 5.91. The van der Waals surface area contributed by atoms with Crippen molar-refractivity contribution in [1.29, 1.82) is 0 Å². The maximum atomic E-state index is 11.8. The zero-order valence-electron chi connectivity index (χ0n) is 13.6. The Labute approximate surface area is 141 Å². The van der Waals surface area contributed by atoms with Gasteiger partial charge in [-0.05, 0) is 30.7 Å². The summed E-state index contributed by atoms with van der Waals surface area (Å²) >= 11 is 0. The quantitative estimate of drug-likeness (QED) is 0.710. The van der Waals surface area contributed by atoms with E-state index in [4.69, 9.17) is 14.6 Å². The molecule has 1 aliphatic heterocycles. The lowest BCUT2D eigenvalue weighted by molar-refractivity contribution is 0.0474. The van der Waals surface area contributed by atoms with Crippen molar-refractivity contribution < 1.29 is 24.2 Å². The van der Waals surface area contributed by atoms with Crippen LogP contribution in [-0.2, 0) is 16.1 Å². The number of carbonyl (C=O) groups excluding carboxylic acids is 1. The fourth-order valence-electron chi connectivity index (χ4n) is 2.74. The van der Waals surface area contributed by atoms with Crippen LogP contribution in [0.1, 0.15) is 24.8 Å². The van der Waals surface area contributed by atoms with Crippen LogP contribution in [0.3, 0.4) is 0 Å². The van der Waals surface area contributed by atoms with Crippen molar-refractivity contribution >= 4 is 12.2 Å². The number of ether oxygens (including phenoxy) is 2. The van der Waals surface area contributed by atoms with Crippen molar-refractivity contribution in [3.8, 4) is 0 Å². The summed E-state index contributed by atoms with van der Waals surface area (Å²) < 4.78 is 10.5. The molecule has 1 heterocycles. The molecule has 1 aromatic rings. The second-order valence-corrected chi connectivity index (χ2v) is 5.91. The van der Waals surface area contributed by atoms with Crippen LogP contribution in [-0.4, -0.2) is 43.1 Å². The van der Waals surface area contributed by atoms with Crippen molar-refractivity contribution in [2.24, 2.45) is 5.92 Å².